The van der Waals surface area contributed by atoms with Crippen LogP contribution in [-0.4, -0.2) is 29.6 Å². The summed E-state index contributed by atoms with van der Waals surface area (Å²) >= 11 is 6.26. The number of hydrogen-bond acceptors (Lipinski definition) is 4. The van der Waals surface area contributed by atoms with Crippen LogP contribution < -0.4 is 10.2 Å². The van der Waals surface area contributed by atoms with Gasteiger partial charge in [0.2, 0.25) is 5.95 Å². The van der Waals surface area contributed by atoms with E-state index in [1.807, 2.05) is 6.92 Å². The smallest absolute Gasteiger partial charge is 0.224 e. The Hall–Kier alpha value is -1.03. The molecule has 1 saturated heterocycles. The molecule has 2 heterocycles. The van der Waals surface area contributed by atoms with E-state index in [4.69, 9.17) is 11.6 Å². The van der Waals surface area contributed by atoms with Crippen molar-refractivity contribution in [1.29, 1.82) is 0 Å². The van der Waals surface area contributed by atoms with Gasteiger partial charge in [0.15, 0.2) is 5.82 Å². The summed E-state index contributed by atoms with van der Waals surface area (Å²) in [5.41, 5.74) is 0.415. The summed E-state index contributed by atoms with van der Waals surface area (Å²) in [5, 5.41) is 3.78. The fourth-order valence-electron chi connectivity index (χ4n) is 2.46. The second kappa shape index (κ2) is 5.95. The first-order chi connectivity index (χ1) is 9.02. The Bertz CT molecular complexity index is 433. The molecule has 0 spiro atoms. The standard InChI is InChI=1S/C14H23ClN4/c1-4-16-13-17-10-11(15)12(18-13)19-8-5-6-14(2,3)7-9-19/h10H,4-9H2,1-3H3,(H,16,17,18). The molecule has 106 valence electrons. The monoisotopic (exact) mass is 282 g/mol. The number of halogens is 1. The highest BCUT2D eigenvalue weighted by molar-refractivity contribution is 6.32. The molecule has 1 aliphatic rings. The van der Waals surface area contributed by atoms with E-state index in [-0.39, 0.29) is 0 Å². The molecule has 0 unspecified atom stereocenters. The largest absolute Gasteiger partial charge is 0.355 e. The lowest BCUT2D eigenvalue weighted by molar-refractivity contribution is 0.325. The third-order valence-corrected chi connectivity index (χ3v) is 3.97. The second-order valence-electron chi connectivity index (χ2n) is 5.90. The van der Waals surface area contributed by atoms with E-state index >= 15 is 0 Å². The molecule has 2 rings (SSSR count). The first-order valence-electron chi connectivity index (χ1n) is 7.03. The van der Waals surface area contributed by atoms with Gasteiger partial charge in [0, 0.05) is 19.6 Å². The first kappa shape index (κ1) is 14.4. The molecule has 1 aromatic heterocycles. The number of aromatic nitrogens is 2. The predicted molar refractivity (Wildman–Crippen MR) is 81.1 cm³/mol. The average Bonchev–Trinajstić information content (AvgIpc) is 2.53. The van der Waals surface area contributed by atoms with Crippen molar-refractivity contribution in [2.24, 2.45) is 5.41 Å². The van der Waals surface area contributed by atoms with Crippen LogP contribution in [0.1, 0.15) is 40.0 Å². The summed E-state index contributed by atoms with van der Waals surface area (Å²) in [7, 11) is 0. The molecule has 19 heavy (non-hydrogen) atoms. The lowest BCUT2D eigenvalue weighted by Crippen LogP contribution is -2.26. The molecule has 4 nitrogen and oxygen atoms in total. The highest BCUT2D eigenvalue weighted by Crippen LogP contribution is 2.33. The van der Waals surface area contributed by atoms with Gasteiger partial charge in [-0.15, -0.1) is 0 Å². The third kappa shape index (κ3) is 3.72. The number of nitrogens with zero attached hydrogens (tertiary/aromatic N) is 3. The third-order valence-electron chi connectivity index (χ3n) is 3.70. The predicted octanol–water partition coefficient (Wildman–Crippen LogP) is 3.58. The van der Waals surface area contributed by atoms with Gasteiger partial charge in [-0.05, 0) is 31.6 Å². The molecule has 0 saturated carbocycles. The van der Waals surface area contributed by atoms with Crippen molar-refractivity contribution < 1.29 is 0 Å². The van der Waals surface area contributed by atoms with E-state index in [2.05, 4.69) is 34.0 Å². The minimum absolute atomic E-state index is 0.415. The fraction of sp³-hybridized carbons (Fsp3) is 0.714. The van der Waals surface area contributed by atoms with Crippen LogP contribution in [0, 0.1) is 5.41 Å². The molecule has 0 amide bonds. The van der Waals surface area contributed by atoms with E-state index in [1.165, 1.54) is 19.3 Å². The number of rotatable bonds is 3. The maximum Gasteiger partial charge on any atom is 0.224 e. The van der Waals surface area contributed by atoms with Crippen molar-refractivity contribution in [1.82, 2.24) is 9.97 Å². The molecule has 1 aliphatic heterocycles. The highest BCUT2D eigenvalue weighted by atomic mass is 35.5. The minimum atomic E-state index is 0.415. The summed E-state index contributed by atoms with van der Waals surface area (Å²) in [4.78, 5) is 11.0. The molecular weight excluding hydrogens is 260 g/mol. The van der Waals surface area contributed by atoms with Gasteiger partial charge in [0.1, 0.15) is 5.02 Å². The summed E-state index contributed by atoms with van der Waals surface area (Å²) in [6.45, 7) is 9.55. The van der Waals surface area contributed by atoms with Crippen LogP contribution in [0.3, 0.4) is 0 Å². The Kier molecular flexibility index (Phi) is 4.50. The molecule has 5 heteroatoms. The Balaban J connectivity index is 2.18. The quantitative estimate of drug-likeness (QED) is 0.920. The summed E-state index contributed by atoms with van der Waals surface area (Å²) in [5.74, 6) is 1.52. The number of hydrogen-bond donors (Lipinski definition) is 1. The molecular formula is C14H23ClN4. The highest BCUT2D eigenvalue weighted by Gasteiger charge is 2.24. The average molecular weight is 283 g/mol. The molecule has 0 bridgehead atoms. The normalized spacial score (nSPS) is 19.1. The Morgan fingerprint density at radius 2 is 2.16 bits per heavy atom. The Labute approximate surface area is 120 Å². The van der Waals surface area contributed by atoms with Gasteiger partial charge in [-0.25, -0.2) is 4.98 Å². The fourth-order valence-corrected chi connectivity index (χ4v) is 2.67. The summed E-state index contributed by atoms with van der Waals surface area (Å²) in [6.07, 6.45) is 5.30. The van der Waals surface area contributed by atoms with Gasteiger partial charge in [-0.3, -0.25) is 0 Å². The van der Waals surface area contributed by atoms with Gasteiger partial charge in [0.25, 0.3) is 0 Å². The molecule has 1 aromatic rings. The zero-order chi connectivity index (χ0) is 13.9. The van der Waals surface area contributed by atoms with E-state index in [0.29, 0.717) is 16.4 Å². The van der Waals surface area contributed by atoms with Crippen LogP contribution in [0.15, 0.2) is 6.20 Å². The van der Waals surface area contributed by atoms with E-state index < -0.39 is 0 Å². The molecule has 0 aliphatic carbocycles. The maximum atomic E-state index is 6.26. The lowest BCUT2D eigenvalue weighted by atomic mass is 9.85. The molecule has 0 radical (unpaired) electrons. The molecule has 1 fully saturated rings. The van der Waals surface area contributed by atoms with Crippen LogP contribution in [0.2, 0.25) is 5.02 Å². The van der Waals surface area contributed by atoms with E-state index in [0.717, 1.165) is 25.5 Å². The van der Waals surface area contributed by atoms with Gasteiger partial charge in [0.05, 0.1) is 6.20 Å². The van der Waals surface area contributed by atoms with Gasteiger partial charge in [-0.1, -0.05) is 25.4 Å². The summed E-state index contributed by atoms with van der Waals surface area (Å²) in [6, 6.07) is 0. The van der Waals surface area contributed by atoms with Gasteiger partial charge < -0.3 is 10.2 Å². The van der Waals surface area contributed by atoms with E-state index in [9.17, 15) is 0 Å². The summed E-state index contributed by atoms with van der Waals surface area (Å²) < 4.78 is 0. The van der Waals surface area contributed by atoms with Gasteiger partial charge in [-0.2, -0.15) is 4.98 Å². The van der Waals surface area contributed by atoms with Crippen LogP contribution in [0.4, 0.5) is 11.8 Å². The Morgan fingerprint density at radius 1 is 1.37 bits per heavy atom. The van der Waals surface area contributed by atoms with Crippen LogP contribution in [0.25, 0.3) is 0 Å². The molecule has 0 atom stereocenters. The SMILES string of the molecule is CCNc1ncc(Cl)c(N2CCCC(C)(C)CC2)n1. The maximum absolute atomic E-state index is 6.26. The van der Waals surface area contributed by atoms with Crippen molar-refractivity contribution in [3.63, 3.8) is 0 Å². The van der Waals surface area contributed by atoms with Crippen molar-refractivity contribution in [3.05, 3.63) is 11.2 Å². The van der Waals surface area contributed by atoms with Crippen molar-refractivity contribution in [2.75, 3.05) is 29.9 Å². The second-order valence-corrected chi connectivity index (χ2v) is 6.31. The van der Waals surface area contributed by atoms with Crippen molar-refractivity contribution in [2.45, 2.75) is 40.0 Å². The number of anilines is 2. The zero-order valence-corrected chi connectivity index (χ0v) is 12.8. The number of nitrogens with one attached hydrogen (secondary N) is 1. The van der Waals surface area contributed by atoms with E-state index in [1.54, 1.807) is 6.20 Å². The minimum Gasteiger partial charge on any atom is -0.355 e. The lowest BCUT2D eigenvalue weighted by Gasteiger charge is -2.24. The molecule has 0 aromatic carbocycles. The van der Waals surface area contributed by atoms with Crippen molar-refractivity contribution in [3.8, 4) is 0 Å². The van der Waals surface area contributed by atoms with Crippen LogP contribution >= 0.6 is 11.6 Å². The topological polar surface area (TPSA) is 41.1 Å². The molecule has 1 N–H and O–H groups in total. The zero-order valence-electron chi connectivity index (χ0n) is 12.0. The van der Waals surface area contributed by atoms with Gasteiger partial charge >= 0.3 is 0 Å². The van der Waals surface area contributed by atoms with Crippen molar-refractivity contribution >= 4 is 23.4 Å². The first-order valence-corrected chi connectivity index (χ1v) is 7.41. The van der Waals surface area contributed by atoms with Crippen LogP contribution in [-0.2, 0) is 0 Å². The Morgan fingerprint density at radius 3 is 2.89 bits per heavy atom. The van der Waals surface area contributed by atoms with Crippen LogP contribution in [0.5, 0.6) is 0 Å².